The van der Waals surface area contributed by atoms with E-state index in [1.165, 1.54) is 0 Å². The Morgan fingerprint density at radius 1 is 0.714 bits per heavy atom. The van der Waals surface area contributed by atoms with Crippen LogP contribution in [0, 0.1) is 0 Å². The van der Waals surface area contributed by atoms with E-state index in [-0.39, 0.29) is 13.2 Å². The minimum absolute atomic E-state index is 0.0672. The van der Waals surface area contributed by atoms with Crippen molar-refractivity contribution in [2.24, 2.45) is 0 Å². The van der Waals surface area contributed by atoms with Crippen LogP contribution in [0.1, 0.15) is 11.1 Å². The largest absolute Gasteiger partial charge is 0.392 e. The molecule has 2 rings (SSSR count). The van der Waals surface area contributed by atoms with Gasteiger partial charge in [0.2, 0.25) is 0 Å². The molecule has 0 aliphatic heterocycles. The van der Waals surface area contributed by atoms with E-state index < -0.39 is 0 Å². The van der Waals surface area contributed by atoms with E-state index in [0.29, 0.717) is 0 Å². The molecule has 2 aromatic rings. The lowest BCUT2D eigenvalue weighted by Gasteiger charge is -2.02. The van der Waals surface area contributed by atoms with Gasteiger partial charge in [0, 0.05) is 0 Å². The summed E-state index contributed by atoms with van der Waals surface area (Å²) in [5, 5.41) is 20.1. The van der Waals surface area contributed by atoms with Gasteiger partial charge in [-0.05, 0) is 34.0 Å². The van der Waals surface area contributed by atoms with Gasteiger partial charge in [-0.15, -0.1) is 0 Å². The van der Waals surface area contributed by atoms with Crippen molar-refractivity contribution in [1.82, 2.24) is 0 Å². The normalized spacial score (nSPS) is 10.7. The van der Waals surface area contributed by atoms with Gasteiger partial charge in [0.15, 0.2) is 0 Å². The molecule has 14 heavy (non-hydrogen) atoms. The van der Waals surface area contributed by atoms with Crippen LogP contribution in [0.2, 0.25) is 0 Å². The zero-order valence-electron chi connectivity index (χ0n) is 7.77. The van der Waals surface area contributed by atoms with E-state index in [1.807, 2.05) is 36.4 Å². The first-order valence-electron chi connectivity index (χ1n) is 4.57. The SMILES string of the molecule is OCc1ccc2cc(CO)ccc2c1. The third-order valence-electron chi connectivity index (χ3n) is 2.33. The smallest absolute Gasteiger partial charge is 0.0682 e. The Hall–Kier alpha value is -1.38. The molecular formula is C12H12O2. The fourth-order valence-corrected chi connectivity index (χ4v) is 1.54. The van der Waals surface area contributed by atoms with Crippen LogP contribution in [0.4, 0.5) is 0 Å². The molecule has 0 aliphatic rings. The van der Waals surface area contributed by atoms with Crippen LogP contribution < -0.4 is 0 Å². The third-order valence-corrected chi connectivity index (χ3v) is 2.33. The quantitative estimate of drug-likeness (QED) is 0.754. The van der Waals surface area contributed by atoms with E-state index in [1.54, 1.807) is 0 Å². The summed E-state index contributed by atoms with van der Waals surface area (Å²) in [6.07, 6.45) is 0. The van der Waals surface area contributed by atoms with Crippen molar-refractivity contribution < 1.29 is 10.2 Å². The molecule has 0 saturated carbocycles. The predicted molar refractivity (Wildman–Crippen MR) is 55.8 cm³/mol. The van der Waals surface area contributed by atoms with E-state index in [9.17, 15) is 0 Å². The first-order valence-corrected chi connectivity index (χ1v) is 4.57. The highest BCUT2D eigenvalue weighted by molar-refractivity contribution is 5.83. The molecule has 72 valence electrons. The molecule has 2 heteroatoms. The molecule has 0 atom stereocenters. The number of rotatable bonds is 2. The van der Waals surface area contributed by atoms with Gasteiger partial charge in [0.25, 0.3) is 0 Å². The molecular weight excluding hydrogens is 176 g/mol. The third kappa shape index (κ3) is 1.62. The molecule has 0 spiro atoms. The predicted octanol–water partition coefficient (Wildman–Crippen LogP) is 1.82. The molecule has 0 unspecified atom stereocenters. The van der Waals surface area contributed by atoms with Crippen LogP contribution in [0.3, 0.4) is 0 Å². The van der Waals surface area contributed by atoms with Crippen molar-refractivity contribution in [2.45, 2.75) is 13.2 Å². The minimum atomic E-state index is 0.0672. The maximum Gasteiger partial charge on any atom is 0.0682 e. The second-order valence-corrected chi connectivity index (χ2v) is 3.33. The standard InChI is InChI=1S/C12H12O2/c13-7-9-1-3-11-6-10(8-14)2-4-12(11)5-9/h1-6,13-14H,7-8H2. The van der Waals surface area contributed by atoms with Crippen molar-refractivity contribution in [1.29, 1.82) is 0 Å². The Morgan fingerprint density at radius 2 is 1.14 bits per heavy atom. The van der Waals surface area contributed by atoms with Gasteiger partial charge in [-0.3, -0.25) is 0 Å². The molecule has 0 radical (unpaired) electrons. The molecule has 0 saturated heterocycles. The number of hydrogen-bond acceptors (Lipinski definition) is 2. The van der Waals surface area contributed by atoms with Crippen LogP contribution in [-0.2, 0) is 13.2 Å². The van der Waals surface area contributed by atoms with Gasteiger partial charge in [0.05, 0.1) is 13.2 Å². The molecule has 2 nitrogen and oxygen atoms in total. The zero-order valence-corrected chi connectivity index (χ0v) is 7.77. The second-order valence-electron chi connectivity index (χ2n) is 3.33. The Labute approximate surface area is 82.4 Å². The molecule has 2 N–H and O–H groups in total. The van der Waals surface area contributed by atoms with Gasteiger partial charge in [-0.25, -0.2) is 0 Å². The lowest BCUT2D eigenvalue weighted by Crippen LogP contribution is -1.85. The number of hydrogen-bond donors (Lipinski definition) is 2. The Bertz CT molecular complexity index is 406. The first kappa shape index (κ1) is 9.19. The average molecular weight is 188 g/mol. The highest BCUT2D eigenvalue weighted by Crippen LogP contribution is 2.18. The number of aliphatic hydroxyl groups is 2. The van der Waals surface area contributed by atoms with Crippen molar-refractivity contribution in [3.63, 3.8) is 0 Å². The van der Waals surface area contributed by atoms with Gasteiger partial charge in [0.1, 0.15) is 0 Å². The Kier molecular flexibility index (Phi) is 2.48. The Morgan fingerprint density at radius 3 is 1.50 bits per heavy atom. The first-order chi connectivity index (χ1) is 6.83. The number of aliphatic hydroxyl groups excluding tert-OH is 2. The van der Waals surface area contributed by atoms with Crippen molar-refractivity contribution >= 4 is 10.8 Å². The van der Waals surface area contributed by atoms with Gasteiger partial charge in [-0.1, -0.05) is 24.3 Å². The van der Waals surface area contributed by atoms with Crippen LogP contribution in [-0.4, -0.2) is 10.2 Å². The summed E-state index contributed by atoms with van der Waals surface area (Å²) in [5.41, 5.74) is 1.82. The molecule has 0 aromatic heterocycles. The number of fused-ring (bicyclic) bond motifs is 1. The summed E-state index contributed by atoms with van der Waals surface area (Å²) in [6, 6.07) is 11.6. The van der Waals surface area contributed by atoms with E-state index in [0.717, 1.165) is 21.9 Å². The van der Waals surface area contributed by atoms with Crippen LogP contribution >= 0.6 is 0 Å². The summed E-state index contributed by atoms with van der Waals surface area (Å²) in [7, 11) is 0. The van der Waals surface area contributed by atoms with Gasteiger partial charge >= 0.3 is 0 Å². The van der Waals surface area contributed by atoms with E-state index >= 15 is 0 Å². The maximum atomic E-state index is 8.96. The second kappa shape index (κ2) is 3.78. The summed E-state index contributed by atoms with van der Waals surface area (Å²) in [6.45, 7) is 0.134. The monoisotopic (exact) mass is 188 g/mol. The fourth-order valence-electron chi connectivity index (χ4n) is 1.54. The molecule has 0 bridgehead atoms. The lowest BCUT2D eigenvalue weighted by molar-refractivity contribution is 0.281. The van der Waals surface area contributed by atoms with Gasteiger partial charge in [-0.2, -0.15) is 0 Å². The fraction of sp³-hybridized carbons (Fsp3) is 0.167. The average Bonchev–Trinajstić information content (AvgIpc) is 2.27. The van der Waals surface area contributed by atoms with E-state index in [2.05, 4.69) is 0 Å². The van der Waals surface area contributed by atoms with Gasteiger partial charge < -0.3 is 10.2 Å². The van der Waals surface area contributed by atoms with Crippen LogP contribution in [0.25, 0.3) is 10.8 Å². The molecule has 0 fully saturated rings. The van der Waals surface area contributed by atoms with Crippen molar-refractivity contribution in [3.05, 3.63) is 47.5 Å². The summed E-state index contributed by atoms with van der Waals surface area (Å²) in [4.78, 5) is 0. The Balaban J connectivity index is 2.57. The van der Waals surface area contributed by atoms with Crippen LogP contribution in [0.15, 0.2) is 36.4 Å². The summed E-state index contributed by atoms with van der Waals surface area (Å²) >= 11 is 0. The zero-order chi connectivity index (χ0) is 9.97. The summed E-state index contributed by atoms with van der Waals surface area (Å²) < 4.78 is 0. The highest BCUT2D eigenvalue weighted by Gasteiger charge is 1.97. The number of benzene rings is 2. The van der Waals surface area contributed by atoms with Crippen LogP contribution in [0.5, 0.6) is 0 Å². The maximum absolute atomic E-state index is 8.96. The molecule has 0 amide bonds. The summed E-state index contributed by atoms with van der Waals surface area (Å²) in [5.74, 6) is 0. The van der Waals surface area contributed by atoms with Crippen molar-refractivity contribution in [3.8, 4) is 0 Å². The van der Waals surface area contributed by atoms with E-state index in [4.69, 9.17) is 10.2 Å². The molecule has 0 aliphatic carbocycles. The molecule has 0 heterocycles. The highest BCUT2D eigenvalue weighted by atomic mass is 16.3. The minimum Gasteiger partial charge on any atom is -0.392 e. The molecule has 2 aromatic carbocycles. The lowest BCUT2D eigenvalue weighted by atomic mass is 10.0. The topological polar surface area (TPSA) is 40.5 Å². The van der Waals surface area contributed by atoms with Crippen molar-refractivity contribution in [2.75, 3.05) is 0 Å².